The van der Waals surface area contributed by atoms with E-state index in [0.717, 1.165) is 122 Å². The average molecular weight is 990 g/mol. The number of carbonyl (C=O) groups excluding carboxylic acids is 3. The van der Waals surface area contributed by atoms with E-state index in [1.807, 2.05) is 0 Å². The highest BCUT2D eigenvalue weighted by atomic mass is 16.6. The quantitative estimate of drug-likeness (QED) is 0.0261. The van der Waals surface area contributed by atoms with Crippen molar-refractivity contribution in [1.82, 2.24) is 0 Å². The maximum atomic E-state index is 12.8. The summed E-state index contributed by atoms with van der Waals surface area (Å²) in [6.45, 7) is 6.50. The highest BCUT2D eigenvalue weighted by molar-refractivity contribution is 5.71. The molecule has 0 N–H and O–H groups in total. The number of carbonyl (C=O) groups is 3. The van der Waals surface area contributed by atoms with Crippen molar-refractivity contribution in [2.45, 2.75) is 297 Å². The van der Waals surface area contributed by atoms with E-state index in [0.29, 0.717) is 19.3 Å². The summed E-state index contributed by atoms with van der Waals surface area (Å²) in [7, 11) is 0. The molecule has 408 valence electrons. The van der Waals surface area contributed by atoms with Crippen LogP contribution in [0.1, 0.15) is 290 Å². The first-order valence-corrected chi connectivity index (χ1v) is 30.1. The lowest BCUT2D eigenvalue weighted by Gasteiger charge is -2.18. The fourth-order valence-electron chi connectivity index (χ4n) is 8.42. The van der Waals surface area contributed by atoms with Gasteiger partial charge in [-0.15, -0.1) is 0 Å². The Hall–Kier alpha value is -3.41. The molecule has 0 amide bonds. The van der Waals surface area contributed by atoms with Crippen molar-refractivity contribution in [2.24, 2.45) is 0 Å². The third kappa shape index (κ3) is 57.4. The minimum atomic E-state index is -0.781. The van der Waals surface area contributed by atoms with Crippen LogP contribution in [0, 0.1) is 0 Å². The van der Waals surface area contributed by atoms with Gasteiger partial charge in [0.15, 0.2) is 6.10 Å². The maximum Gasteiger partial charge on any atom is 0.306 e. The lowest BCUT2D eigenvalue weighted by Crippen LogP contribution is -2.30. The van der Waals surface area contributed by atoms with Gasteiger partial charge in [-0.2, -0.15) is 0 Å². The summed E-state index contributed by atoms with van der Waals surface area (Å²) in [4.78, 5) is 38.0. The van der Waals surface area contributed by atoms with Gasteiger partial charge in [0.05, 0.1) is 0 Å². The van der Waals surface area contributed by atoms with Gasteiger partial charge >= 0.3 is 17.9 Å². The van der Waals surface area contributed by atoms with Crippen molar-refractivity contribution in [3.63, 3.8) is 0 Å². The van der Waals surface area contributed by atoms with E-state index in [9.17, 15) is 14.4 Å². The maximum absolute atomic E-state index is 12.8. The van der Waals surface area contributed by atoms with Gasteiger partial charge in [0.1, 0.15) is 13.2 Å². The standard InChI is InChI=1S/C65H112O6/c1-4-7-10-13-16-19-21-23-25-27-29-30-31-32-33-34-35-36-37-39-40-42-44-46-49-52-55-58-64(67)70-61-62(60-69-63(66)57-54-51-48-18-15-12-9-6-3)71-65(68)59-56-53-50-47-45-43-41-38-28-26-24-22-20-17-14-11-8-5-2/h7,10,16,19,23,25,29-30,32-33,35-36,39-40,62H,4-6,8-9,11-15,17-18,20-22,24,26-28,31,34,37-38,41-61H2,1-3H3/b10-7-,19-16-,25-23-,30-29-,33-32-,36-35-,40-39-. The molecule has 0 rings (SSSR count). The van der Waals surface area contributed by atoms with Crippen molar-refractivity contribution < 1.29 is 28.6 Å². The molecule has 0 aromatic rings. The zero-order valence-electron chi connectivity index (χ0n) is 46.7. The van der Waals surface area contributed by atoms with Crippen LogP contribution in [0.3, 0.4) is 0 Å². The summed E-state index contributed by atoms with van der Waals surface area (Å²) in [5, 5.41) is 0. The molecular weight excluding hydrogens is 877 g/mol. The molecule has 0 bridgehead atoms. The Balaban J connectivity index is 4.25. The van der Waals surface area contributed by atoms with Crippen molar-refractivity contribution in [2.75, 3.05) is 13.2 Å². The molecule has 0 fully saturated rings. The van der Waals surface area contributed by atoms with Gasteiger partial charge in [-0.1, -0.05) is 279 Å². The van der Waals surface area contributed by atoms with Crippen LogP contribution in [-0.2, 0) is 28.6 Å². The molecule has 0 saturated carbocycles. The second-order valence-electron chi connectivity index (χ2n) is 19.9. The SMILES string of the molecule is CC/C=C\C/C=C\C/C=C\C/C=C\C/C=C\C/C=C\C/C=C\CCCCCCCC(=O)OCC(COC(=O)CCCCCCCCCC)OC(=O)CCCCCCCCCCCCCCCCCCCC. The molecule has 6 heteroatoms. The summed E-state index contributed by atoms with van der Waals surface area (Å²) in [5.74, 6) is -0.894. The third-order valence-corrected chi connectivity index (χ3v) is 12.9. The van der Waals surface area contributed by atoms with E-state index in [-0.39, 0.29) is 31.1 Å². The van der Waals surface area contributed by atoms with Gasteiger partial charge in [-0.3, -0.25) is 14.4 Å². The Kier molecular flexibility index (Phi) is 56.3. The normalized spacial score (nSPS) is 12.7. The first-order valence-electron chi connectivity index (χ1n) is 30.1. The van der Waals surface area contributed by atoms with Crippen LogP contribution >= 0.6 is 0 Å². The molecule has 0 aliphatic carbocycles. The Morgan fingerprint density at radius 2 is 0.549 bits per heavy atom. The Bertz CT molecular complexity index is 1370. The van der Waals surface area contributed by atoms with E-state index >= 15 is 0 Å². The summed E-state index contributed by atoms with van der Waals surface area (Å²) in [6.07, 6.45) is 77.4. The number of rotatable bonds is 54. The van der Waals surface area contributed by atoms with Crippen LogP contribution in [0.2, 0.25) is 0 Å². The number of esters is 3. The van der Waals surface area contributed by atoms with Crippen molar-refractivity contribution in [3.8, 4) is 0 Å². The van der Waals surface area contributed by atoms with Gasteiger partial charge in [-0.05, 0) is 77.0 Å². The van der Waals surface area contributed by atoms with E-state index in [4.69, 9.17) is 14.2 Å². The highest BCUT2D eigenvalue weighted by Crippen LogP contribution is 2.16. The van der Waals surface area contributed by atoms with Crippen molar-refractivity contribution >= 4 is 17.9 Å². The topological polar surface area (TPSA) is 78.9 Å². The number of unbranched alkanes of at least 4 members (excludes halogenated alkanes) is 29. The summed E-state index contributed by atoms with van der Waals surface area (Å²) in [5.41, 5.74) is 0. The number of hydrogen-bond donors (Lipinski definition) is 0. The fraction of sp³-hybridized carbons (Fsp3) is 0.738. The van der Waals surface area contributed by atoms with Gasteiger partial charge in [0, 0.05) is 19.3 Å². The minimum Gasteiger partial charge on any atom is -0.462 e. The van der Waals surface area contributed by atoms with Crippen LogP contribution < -0.4 is 0 Å². The van der Waals surface area contributed by atoms with Gasteiger partial charge in [0.25, 0.3) is 0 Å². The molecular formula is C65H112O6. The Labute approximate surface area is 439 Å². The molecule has 0 aliphatic rings. The first kappa shape index (κ1) is 67.6. The molecule has 1 unspecified atom stereocenters. The van der Waals surface area contributed by atoms with Crippen molar-refractivity contribution in [3.05, 3.63) is 85.1 Å². The van der Waals surface area contributed by atoms with Gasteiger partial charge in [-0.25, -0.2) is 0 Å². The second-order valence-corrected chi connectivity index (χ2v) is 19.9. The largest absolute Gasteiger partial charge is 0.462 e. The molecule has 6 nitrogen and oxygen atoms in total. The number of allylic oxidation sites excluding steroid dienone is 14. The summed E-state index contributed by atoms with van der Waals surface area (Å²) in [6, 6.07) is 0. The monoisotopic (exact) mass is 989 g/mol. The summed E-state index contributed by atoms with van der Waals surface area (Å²) >= 11 is 0. The molecule has 0 heterocycles. The molecule has 0 spiro atoms. The third-order valence-electron chi connectivity index (χ3n) is 12.9. The van der Waals surface area contributed by atoms with Crippen LogP contribution in [-0.4, -0.2) is 37.2 Å². The zero-order chi connectivity index (χ0) is 51.4. The van der Waals surface area contributed by atoms with E-state index in [1.54, 1.807) is 0 Å². The molecule has 0 aromatic heterocycles. The van der Waals surface area contributed by atoms with E-state index < -0.39 is 6.10 Å². The summed E-state index contributed by atoms with van der Waals surface area (Å²) < 4.78 is 16.8. The van der Waals surface area contributed by atoms with Crippen LogP contribution in [0.5, 0.6) is 0 Å². The first-order chi connectivity index (χ1) is 35.0. The second kappa shape index (κ2) is 59.2. The molecule has 1 atom stereocenters. The molecule has 71 heavy (non-hydrogen) atoms. The fourth-order valence-corrected chi connectivity index (χ4v) is 8.42. The predicted octanol–water partition coefficient (Wildman–Crippen LogP) is 20.3. The smallest absolute Gasteiger partial charge is 0.306 e. The van der Waals surface area contributed by atoms with Crippen LogP contribution in [0.25, 0.3) is 0 Å². The highest BCUT2D eigenvalue weighted by Gasteiger charge is 2.19. The zero-order valence-corrected chi connectivity index (χ0v) is 46.7. The number of ether oxygens (including phenoxy) is 3. The Morgan fingerprint density at radius 3 is 0.859 bits per heavy atom. The van der Waals surface area contributed by atoms with Gasteiger partial charge in [0.2, 0.25) is 0 Å². The molecule has 0 saturated heterocycles. The van der Waals surface area contributed by atoms with Crippen molar-refractivity contribution in [1.29, 1.82) is 0 Å². The molecule has 0 aliphatic heterocycles. The van der Waals surface area contributed by atoms with Crippen LogP contribution in [0.4, 0.5) is 0 Å². The molecule has 0 radical (unpaired) electrons. The lowest BCUT2D eigenvalue weighted by molar-refractivity contribution is -0.167. The average Bonchev–Trinajstić information content (AvgIpc) is 3.37. The van der Waals surface area contributed by atoms with Crippen LogP contribution in [0.15, 0.2) is 85.1 Å². The predicted molar refractivity (Wildman–Crippen MR) is 307 cm³/mol. The lowest BCUT2D eigenvalue weighted by atomic mass is 10.0. The molecule has 0 aromatic carbocycles. The minimum absolute atomic E-state index is 0.0795. The van der Waals surface area contributed by atoms with E-state index in [1.165, 1.54) is 128 Å². The number of hydrogen-bond acceptors (Lipinski definition) is 6. The Morgan fingerprint density at radius 1 is 0.296 bits per heavy atom. The van der Waals surface area contributed by atoms with Gasteiger partial charge < -0.3 is 14.2 Å². The van der Waals surface area contributed by atoms with E-state index in [2.05, 4.69) is 106 Å².